The maximum atomic E-state index is 5.86. The maximum absolute atomic E-state index is 5.86. The lowest BCUT2D eigenvalue weighted by Crippen LogP contribution is -2.19. The Balaban J connectivity index is 1.51. The fourth-order valence-corrected chi connectivity index (χ4v) is 2.96. The molecule has 2 aromatic heterocycles. The van der Waals surface area contributed by atoms with E-state index >= 15 is 0 Å². The van der Waals surface area contributed by atoms with E-state index in [1.54, 1.807) is 24.6 Å². The minimum Gasteiger partial charge on any atom is -0.493 e. The van der Waals surface area contributed by atoms with Crippen molar-refractivity contribution in [2.75, 3.05) is 13.7 Å². The van der Waals surface area contributed by atoms with Crippen molar-refractivity contribution in [2.45, 2.75) is 19.7 Å². The summed E-state index contributed by atoms with van der Waals surface area (Å²) in [5.41, 5.74) is 1.17. The summed E-state index contributed by atoms with van der Waals surface area (Å²) in [4.78, 5) is 5.23. The van der Waals surface area contributed by atoms with Gasteiger partial charge in [0.2, 0.25) is 0 Å². The minimum atomic E-state index is 0.566. The van der Waals surface area contributed by atoms with Crippen LogP contribution in [0.4, 0.5) is 0 Å². The second-order valence-corrected chi connectivity index (χ2v) is 6.36. The Morgan fingerprint density at radius 2 is 2.21 bits per heavy atom. The Labute approximate surface area is 145 Å². The molecule has 3 aromatic rings. The molecule has 3 rings (SSSR count). The summed E-state index contributed by atoms with van der Waals surface area (Å²) in [5.74, 6) is 1.54. The Hall–Kier alpha value is -2.31. The van der Waals surface area contributed by atoms with Crippen molar-refractivity contribution in [1.82, 2.24) is 14.9 Å². The zero-order valence-corrected chi connectivity index (χ0v) is 14.5. The number of hydrogen-bond donors (Lipinski definition) is 1. The molecule has 0 saturated heterocycles. The van der Waals surface area contributed by atoms with Gasteiger partial charge in [-0.25, -0.2) is 4.98 Å². The molecule has 0 amide bonds. The van der Waals surface area contributed by atoms with E-state index in [9.17, 15) is 0 Å². The van der Waals surface area contributed by atoms with Gasteiger partial charge in [0.05, 0.1) is 13.4 Å². The van der Waals surface area contributed by atoms with Crippen molar-refractivity contribution < 1.29 is 9.47 Å². The van der Waals surface area contributed by atoms with Gasteiger partial charge in [-0.05, 0) is 29.1 Å². The largest absolute Gasteiger partial charge is 0.493 e. The van der Waals surface area contributed by atoms with Crippen LogP contribution in [0.5, 0.6) is 11.5 Å². The van der Waals surface area contributed by atoms with Gasteiger partial charge < -0.3 is 19.4 Å². The molecule has 2 heterocycles. The van der Waals surface area contributed by atoms with E-state index in [2.05, 4.69) is 32.4 Å². The summed E-state index contributed by atoms with van der Waals surface area (Å²) in [5, 5.41) is 5.47. The first kappa shape index (κ1) is 16.5. The molecular weight excluding hydrogens is 322 g/mol. The fraction of sp³-hybridized carbons (Fsp3) is 0.278. The molecule has 0 radical (unpaired) electrons. The van der Waals surface area contributed by atoms with Crippen LogP contribution in [-0.4, -0.2) is 23.2 Å². The SMILES string of the molecule is COc1cc(CNCCn2ccnc2)ccc1OCc1cccs1. The van der Waals surface area contributed by atoms with E-state index in [1.165, 1.54) is 10.4 Å². The van der Waals surface area contributed by atoms with E-state index in [0.717, 1.165) is 31.1 Å². The first-order chi connectivity index (χ1) is 11.8. The van der Waals surface area contributed by atoms with Crippen molar-refractivity contribution in [3.05, 3.63) is 64.9 Å². The van der Waals surface area contributed by atoms with E-state index in [-0.39, 0.29) is 0 Å². The predicted octanol–water partition coefficient (Wildman–Crippen LogP) is 3.32. The number of hydrogen-bond acceptors (Lipinski definition) is 5. The molecule has 5 nitrogen and oxygen atoms in total. The number of nitrogens with one attached hydrogen (secondary N) is 1. The van der Waals surface area contributed by atoms with Crippen LogP contribution >= 0.6 is 11.3 Å². The van der Waals surface area contributed by atoms with Gasteiger partial charge in [0.1, 0.15) is 6.61 Å². The van der Waals surface area contributed by atoms with Gasteiger partial charge in [-0.3, -0.25) is 0 Å². The third kappa shape index (κ3) is 4.59. The van der Waals surface area contributed by atoms with Crippen LogP contribution in [-0.2, 0) is 19.7 Å². The summed E-state index contributed by atoms with van der Waals surface area (Å²) in [6.07, 6.45) is 5.58. The highest BCUT2D eigenvalue weighted by Crippen LogP contribution is 2.29. The van der Waals surface area contributed by atoms with Crippen molar-refractivity contribution in [2.24, 2.45) is 0 Å². The summed E-state index contributed by atoms with van der Waals surface area (Å²) < 4.78 is 13.4. The van der Waals surface area contributed by atoms with Crippen LogP contribution in [0.3, 0.4) is 0 Å². The van der Waals surface area contributed by atoms with Crippen molar-refractivity contribution >= 4 is 11.3 Å². The molecule has 0 saturated carbocycles. The van der Waals surface area contributed by atoms with Gasteiger partial charge in [-0.15, -0.1) is 11.3 Å². The number of ether oxygens (including phenoxy) is 2. The van der Waals surface area contributed by atoms with Gasteiger partial charge in [0.25, 0.3) is 0 Å². The Kier molecular flexibility index (Phi) is 5.87. The lowest BCUT2D eigenvalue weighted by atomic mass is 10.2. The van der Waals surface area contributed by atoms with Crippen molar-refractivity contribution in [1.29, 1.82) is 0 Å². The first-order valence-corrected chi connectivity index (χ1v) is 8.71. The molecule has 0 unspecified atom stereocenters. The topological polar surface area (TPSA) is 48.3 Å². The molecular formula is C18H21N3O2S. The highest BCUT2D eigenvalue weighted by molar-refractivity contribution is 7.09. The Morgan fingerprint density at radius 1 is 1.25 bits per heavy atom. The van der Waals surface area contributed by atoms with E-state index in [1.807, 2.05) is 30.7 Å². The monoisotopic (exact) mass is 343 g/mol. The smallest absolute Gasteiger partial charge is 0.161 e. The summed E-state index contributed by atoms with van der Waals surface area (Å²) in [6.45, 7) is 3.14. The van der Waals surface area contributed by atoms with Crippen LogP contribution in [0.25, 0.3) is 0 Å². The predicted molar refractivity (Wildman–Crippen MR) is 95.6 cm³/mol. The van der Waals surface area contributed by atoms with Crippen molar-refractivity contribution in [3.63, 3.8) is 0 Å². The molecule has 0 aliphatic carbocycles. The van der Waals surface area contributed by atoms with E-state index in [0.29, 0.717) is 6.61 Å². The number of benzene rings is 1. The number of rotatable bonds is 9. The molecule has 0 bridgehead atoms. The highest BCUT2D eigenvalue weighted by atomic mass is 32.1. The lowest BCUT2D eigenvalue weighted by molar-refractivity contribution is 0.287. The highest BCUT2D eigenvalue weighted by Gasteiger charge is 2.06. The maximum Gasteiger partial charge on any atom is 0.161 e. The summed E-state index contributed by atoms with van der Waals surface area (Å²) in [6, 6.07) is 10.2. The molecule has 1 aromatic carbocycles. The molecule has 126 valence electrons. The Morgan fingerprint density at radius 3 is 2.96 bits per heavy atom. The number of imidazole rings is 1. The lowest BCUT2D eigenvalue weighted by Gasteiger charge is -2.12. The van der Waals surface area contributed by atoms with E-state index < -0.39 is 0 Å². The van der Waals surface area contributed by atoms with Gasteiger partial charge in [-0.2, -0.15) is 0 Å². The standard InChI is InChI=1S/C18H21N3O2S/c1-22-18-11-15(12-19-6-8-21-9-7-20-14-21)4-5-17(18)23-13-16-3-2-10-24-16/h2-5,7,9-11,14,19H,6,8,12-13H2,1H3. The molecule has 24 heavy (non-hydrogen) atoms. The zero-order valence-electron chi connectivity index (χ0n) is 13.6. The minimum absolute atomic E-state index is 0.566. The molecule has 0 fully saturated rings. The third-order valence-corrected chi connectivity index (χ3v) is 4.46. The second kappa shape index (κ2) is 8.52. The molecule has 0 aliphatic heterocycles. The summed E-state index contributed by atoms with van der Waals surface area (Å²) >= 11 is 1.69. The second-order valence-electron chi connectivity index (χ2n) is 5.33. The quantitative estimate of drug-likeness (QED) is 0.606. The van der Waals surface area contributed by atoms with E-state index in [4.69, 9.17) is 9.47 Å². The third-order valence-electron chi connectivity index (χ3n) is 3.61. The van der Waals surface area contributed by atoms with Crippen LogP contribution in [0.15, 0.2) is 54.4 Å². The average Bonchev–Trinajstić information content (AvgIpc) is 3.31. The van der Waals surface area contributed by atoms with Crippen LogP contribution in [0.1, 0.15) is 10.4 Å². The van der Waals surface area contributed by atoms with Gasteiger partial charge in [-0.1, -0.05) is 12.1 Å². The molecule has 0 spiro atoms. The van der Waals surface area contributed by atoms with Crippen LogP contribution < -0.4 is 14.8 Å². The molecule has 1 N–H and O–H groups in total. The molecule has 6 heteroatoms. The van der Waals surface area contributed by atoms with Crippen LogP contribution in [0.2, 0.25) is 0 Å². The first-order valence-electron chi connectivity index (χ1n) is 7.83. The average molecular weight is 343 g/mol. The van der Waals surface area contributed by atoms with Gasteiger partial charge in [0.15, 0.2) is 11.5 Å². The van der Waals surface area contributed by atoms with Gasteiger partial charge >= 0.3 is 0 Å². The van der Waals surface area contributed by atoms with Crippen molar-refractivity contribution in [3.8, 4) is 11.5 Å². The summed E-state index contributed by atoms with van der Waals surface area (Å²) in [7, 11) is 1.67. The number of thiophene rings is 1. The number of nitrogens with zero attached hydrogens (tertiary/aromatic N) is 2. The number of methoxy groups -OCH3 is 1. The fourth-order valence-electron chi connectivity index (χ4n) is 2.34. The molecule has 0 atom stereocenters. The zero-order chi connectivity index (χ0) is 16.6. The number of aromatic nitrogens is 2. The molecule has 0 aliphatic rings. The Bertz CT molecular complexity index is 727. The van der Waals surface area contributed by atoms with Gasteiger partial charge in [0, 0.05) is 36.9 Å². The van der Waals surface area contributed by atoms with Crippen LogP contribution in [0, 0.1) is 0 Å². The normalized spacial score (nSPS) is 10.7.